The fourth-order valence-electron chi connectivity index (χ4n) is 2.64. The summed E-state index contributed by atoms with van der Waals surface area (Å²) in [6, 6.07) is 6.98. The highest BCUT2D eigenvalue weighted by Gasteiger charge is 2.30. The van der Waals surface area contributed by atoms with Gasteiger partial charge in [0.1, 0.15) is 5.76 Å². The van der Waals surface area contributed by atoms with E-state index in [9.17, 15) is 14.9 Å². The number of non-ortho nitro benzene ring substituents is 1. The molecule has 1 atom stereocenters. The van der Waals surface area contributed by atoms with Gasteiger partial charge < -0.3 is 20.5 Å². The van der Waals surface area contributed by atoms with Crippen LogP contribution in [-0.2, 0) is 4.79 Å². The van der Waals surface area contributed by atoms with Crippen molar-refractivity contribution >= 4 is 34.7 Å². The first kappa shape index (κ1) is 17.5. The number of thiocarbonyl (C=S) groups is 1. The maximum absolute atomic E-state index is 12.8. The molecule has 0 spiro atoms. The molecule has 134 valence electrons. The molecule has 0 aliphatic carbocycles. The highest BCUT2D eigenvalue weighted by Crippen LogP contribution is 2.29. The lowest BCUT2D eigenvalue weighted by Gasteiger charge is -2.30. The van der Waals surface area contributed by atoms with Gasteiger partial charge in [0.05, 0.1) is 16.5 Å². The van der Waals surface area contributed by atoms with Gasteiger partial charge in [-0.1, -0.05) is 5.16 Å². The first-order valence-electron chi connectivity index (χ1n) is 7.62. The Hall–Kier alpha value is -3.27. The Labute approximate surface area is 153 Å². The summed E-state index contributed by atoms with van der Waals surface area (Å²) in [6.45, 7) is 3.45. The van der Waals surface area contributed by atoms with Gasteiger partial charge in [-0.2, -0.15) is 0 Å². The number of aromatic nitrogens is 1. The van der Waals surface area contributed by atoms with Crippen molar-refractivity contribution < 1.29 is 14.2 Å². The molecule has 26 heavy (non-hydrogen) atoms. The summed E-state index contributed by atoms with van der Waals surface area (Å²) in [6.07, 6.45) is 0. The van der Waals surface area contributed by atoms with Crippen molar-refractivity contribution in [3.8, 4) is 0 Å². The molecule has 9 nitrogen and oxygen atoms in total. The van der Waals surface area contributed by atoms with Gasteiger partial charge in [0.25, 0.3) is 11.6 Å². The van der Waals surface area contributed by atoms with Crippen LogP contribution in [0.3, 0.4) is 0 Å². The molecule has 2 heterocycles. The Balaban J connectivity index is 1.93. The van der Waals surface area contributed by atoms with E-state index in [1.807, 2.05) is 0 Å². The average molecular weight is 373 g/mol. The Morgan fingerprint density at radius 3 is 2.62 bits per heavy atom. The SMILES string of the molecule is CC1=C(C(=O)Nc2cc(C)on2)C(c2ccc([N+](=O)[O-])cc2)NC(=S)N1. The predicted octanol–water partition coefficient (Wildman–Crippen LogP) is 2.32. The van der Waals surface area contributed by atoms with Crippen LogP contribution >= 0.6 is 12.2 Å². The molecule has 0 bridgehead atoms. The fraction of sp³-hybridized carbons (Fsp3) is 0.188. The van der Waals surface area contributed by atoms with E-state index in [4.69, 9.17) is 16.7 Å². The lowest BCUT2D eigenvalue weighted by atomic mass is 9.95. The van der Waals surface area contributed by atoms with E-state index in [1.165, 1.54) is 12.1 Å². The molecule has 1 aromatic carbocycles. The molecule has 0 saturated heterocycles. The molecule has 1 unspecified atom stereocenters. The number of carbonyl (C=O) groups is 1. The van der Waals surface area contributed by atoms with E-state index in [1.54, 1.807) is 32.0 Å². The van der Waals surface area contributed by atoms with E-state index in [0.29, 0.717) is 33.5 Å². The van der Waals surface area contributed by atoms with Crippen molar-refractivity contribution in [3.05, 3.63) is 63.0 Å². The minimum absolute atomic E-state index is 0.0324. The summed E-state index contributed by atoms with van der Waals surface area (Å²) in [7, 11) is 0. The van der Waals surface area contributed by atoms with Crippen LogP contribution in [0.1, 0.15) is 24.3 Å². The smallest absolute Gasteiger partial charge is 0.269 e. The monoisotopic (exact) mass is 373 g/mol. The number of carbonyl (C=O) groups excluding carboxylic acids is 1. The van der Waals surface area contributed by atoms with E-state index in [-0.39, 0.29) is 11.6 Å². The van der Waals surface area contributed by atoms with Crippen LogP contribution in [0.4, 0.5) is 11.5 Å². The number of hydrogen-bond donors (Lipinski definition) is 3. The summed E-state index contributed by atoms with van der Waals surface area (Å²) in [4.78, 5) is 23.1. The number of nitro benzene ring substituents is 1. The number of rotatable bonds is 4. The second-order valence-electron chi connectivity index (χ2n) is 5.70. The lowest BCUT2D eigenvalue weighted by molar-refractivity contribution is -0.384. The molecule has 0 radical (unpaired) electrons. The van der Waals surface area contributed by atoms with Crippen LogP contribution in [0.2, 0.25) is 0 Å². The van der Waals surface area contributed by atoms with Crippen LogP contribution in [-0.4, -0.2) is 21.1 Å². The first-order valence-corrected chi connectivity index (χ1v) is 8.03. The highest BCUT2D eigenvalue weighted by molar-refractivity contribution is 7.80. The van der Waals surface area contributed by atoms with Gasteiger partial charge in [0.15, 0.2) is 10.9 Å². The number of aryl methyl sites for hydroxylation is 1. The second-order valence-corrected chi connectivity index (χ2v) is 6.10. The molecule has 1 aliphatic rings. The number of allylic oxidation sites excluding steroid dienone is 1. The largest absolute Gasteiger partial charge is 0.360 e. The summed E-state index contributed by atoms with van der Waals surface area (Å²) in [5, 5.41) is 23.6. The third kappa shape index (κ3) is 3.54. The lowest BCUT2D eigenvalue weighted by Crippen LogP contribution is -2.45. The van der Waals surface area contributed by atoms with Crippen LogP contribution < -0.4 is 16.0 Å². The summed E-state index contributed by atoms with van der Waals surface area (Å²) < 4.78 is 4.95. The number of nitrogens with one attached hydrogen (secondary N) is 3. The first-order chi connectivity index (χ1) is 12.3. The standard InChI is InChI=1S/C16H15N5O4S/c1-8-7-12(20-25-8)18-15(22)13-9(2)17-16(26)19-14(13)10-3-5-11(6-4-10)21(23)24/h3-7,14H,1-2H3,(H2,17,19,26)(H,18,20,22). The van der Waals surface area contributed by atoms with Crippen LogP contribution in [0.25, 0.3) is 0 Å². The quantitative estimate of drug-likeness (QED) is 0.424. The van der Waals surface area contributed by atoms with Crippen molar-refractivity contribution in [2.24, 2.45) is 0 Å². The molecule has 10 heteroatoms. The molecule has 2 aromatic rings. The van der Waals surface area contributed by atoms with Gasteiger partial charge in [-0.25, -0.2) is 0 Å². The molecule has 1 amide bonds. The molecule has 1 aliphatic heterocycles. The molecule has 0 saturated carbocycles. The van der Waals surface area contributed by atoms with Crippen molar-refractivity contribution in [3.63, 3.8) is 0 Å². The fourth-order valence-corrected chi connectivity index (χ4v) is 2.91. The summed E-state index contributed by atoms with van der Waals surface area (Å²) in [5.74, 6) is 0.476. The minimum Gasteiger partial charge on any atom is -0.360 e. The van der Waals surface area contributed by atoms with E-state index in [2.05, 4.69) is 21.1 Å². The minimum atomic E-state index is -0.558. The number of anilines is 1. The van der Waals surface area contributed by atoms with Gasteiger partial charge >= 0.3 is 0 Å². The van der Waals surface area contributed by atoms with Gasteiger partial charge in [-0.05, 0) is 43.8 Å². The van der Waals surface area contributed by atoms with Crippen molar-refractivity contribution in [2.75, 3.05) is 5.32 Å². The Morgan fingerprint density at radius 1 is 1.35 bits per heavy atom. The topological polar surface area (TPSA) is 122 Å². The summed E-state index contributed by atoms with van der Waals surface area (Å²) >= 11 is 5.18. The van der Waals surface area contributed by atoms with Gasteiger partial charge in [-0.3, -0.25) is 14.9 Å². The molecular formula is C16H15N5O4S. The number of amides is 1. The highest BCUT2D eigenvalue weighted by atomic mass is 32.1. The third-order valence-electron chi connectivity index (χ3n) is 3.82. The normalized spacial score (nSPS) is 16.7. The van der Waals surface area contributed by atoms with Gasteiger partial charge in [-0.15, -0.1) is 0 Å². The zero-order valence-electron chi connectivity index (χ0n) is 13.9. The zero-order valence-corrected chi connectivity index (χ0v) is 14.7. The van der Waals surface area contributed by atoms with Crippen molar-refractivity contribution in [1.82, 2.24) is 15.8 Å². The van der Waals surface area contributed by atoms with E-state index in [0.717, 1.165) is 0 Å². The third-order valence-corrected chi connectivity index (χ3v) is 4.04. The van der Waals surface area contributed by atoms with Crippen molar-refractivity contribution in [1.29, 1.82) is 0 Å². The Bertz CT molecular complexity index is 919. The molecule has 1 aromatic heterocycles. The summed E-state index contributed by atoms with van der Waals surface area (Å²) in [5.41, 5.74) is 1.61. The van der Waals surface area contributed by atoms with Crippen LogP contribution in [0.5, 0.6) is 0 Å². The van der Waals surface area contributed by atoms with Gasteiger partial charge in [0, 0.05) is 23.9 Å². The molecule has 0 fully saturated rings. The van der Waals surface area contributed by atoms with Crippen LogP contribution in [0.15, 0.2) is 46.1 Å². The average Bonchev–Trinajstić information content (AvgIpc) is 2.98. The zero-order chi connectivity index (χ0) is 18.8. The number of nitro groups is 1. The van der Waals surface area contributed by atoms with Crippen molar-refractivity contribution in [2.45, 2.75) is 19.9 Å². The molecular weight excluding hydrogens is 358 g/mol. The molecule has 3 N–H and O–H groups in total. The maximum atomic E-state index is 12.8. The maximum Gasteiger partial charge on any atom is 0.269 e. The number of hydrogen-bond acceptors (Lipinski definition) is 6. The van der Waals surface area contributed by atoms with E-state index < -0.39 is 11.0 Å². The predicted molar refractivity (Wildman–Crippen MR) is 97.3 cm³/mol. The number of nitrogens with zero attached hydrogens (tertiary/aromatic N) is 2. The Kier molecular flexibility index (Phi) is 4.67. The van der Waals surface area contributed by atoms with Crippen LogP contribution in [0, 0.1) is 17.0 Å². The second kappa shape index (κ2) is 6.92. The number of benzene rings is 1. The van der Waals surface area contributed by atoms with E-state index >= 15 is 0 Å². The van der Waals surface area contributed by atoms with Gasteiger partial charge in [0.2, 0.25) is 0 Å². The molecule has 3 rings (SSSR count). The Morgan fingerprint density at radius 2 is 2.04 bits per heavy atom.